The van der Waals surface area contributed by atoms with Gasteiger partial charge in [-0.1, -0.05) is 12.8 Å². The topological polar surface area (TPSA) is 49.3 Å². The Balaban J connectivity index is 2.59. The van der Waals surface area contributed by atoms with E-state index in [9.17, 15) is 9.90 Å². The van der Waals surface area contributed by atoms with E-state index in [4.69, 9.17) is 0 Å². The van der Waals surface area contributed by atoms with Gasteiger partial charge in [0.1, 0.15) is 0 Å². The minimum atomic E-state index is -0.385. The molecule has 0 saturated heterocycles. The molecule has 0 aliphatic heterocycles. The Hall–Kier alpha value is -0.570. The molecule has 3 heteroatoms. The van der Waals surface area contributed by atoms with Gasteiger partial charge in [0.25, 0.3) is 0 Å². The molecule has 2 N–H and O–H groups in total. The van der Waals surface area contributed by atoms with E-state index in [2.05, 4.69) is 5.32 Å². The molecule has 1 fully saturated rings. The van der Waals surface area contributed by atoms with Crippen molar-refractivity contribution in [2.75, 3.05) is 0 Å². The second-order valence-electron chi connectivity index (χ2n) is 3.86. The fourth-order valence-electron chi connectivity index (χ4n) is 1.86. The Morgan fingerprint density at radius 3 is 2.75 bits per heavy atom. The molecule has 0 spiro atoms. The molecule has 0 aromatic carbocycles. The third kappa shape index (κ3) is 1.97. The van der Waals surface area contributed by atoms with E-state index in [0.717, 1.165) is 25.7 Å². The number of nitrogens with one attached hydrogen (secondary N) is 1. The predicted molar refractivity (Wildman–Crippen MR) is 46.7 cm³/mol. The van der Waals surface area contributed by atoms with Crippen molar-refractivity contribution in [2.24, 2.45) is 0 Å². The van der Waals surface area contributed by atoms with Crippen LogP contribution in [0.1, 0.15) is 39.5 Å². The number of amides is 1. The van der Waals surface area contributed by atoms with E-state index in [1.54, 1.807) is 0 Å². The summed E-state index contributed by atoms with van der Waals surface area (Å²) in [5.74, 6) is -0.0570. The van der Waals surface area contributed by atoms with Gasteiger partial charge in [0.15, 0.2) is 0 Å². The minimum Gasteiger partial charge on any atom is -0.391 e. The van der Waals surface area contributed by atoms with Crippen LogP contribution in [0.4, 0.5) is 0 Å². The van der Waals surface area contributed by atoms with E-state index < -0.39 is 0 Å². The lowest BCUT2D eigenvalue weighted by Crippen LogP contribution is -2.55. The number of hydrogen-bond donors (Lipinski definition) is 2. The second kappa shape index (κ2) is 3.44. The average molecular weight is 171 g/mol. The number of carbonyl (C=O) groups is 1. The molecule has 70 valence electrons. The van der Waals surface area contributed by atoms with Gasteiger partial charge in [-0.15, -0.1) is 0 Å². The Bertz CT molecular complexity index is 181. The molecule has 1 saturated carbocycles. The third-order valence-corrected chi connectivity index (χ3v) is 2.62. The van der Waals surface area contributed by atoms with Gasteiger partial charge in [-0.25, -0.2) is 0 Å². The van der Waals surface area contributed by atoms with Crippen molar-refractivity contribution in [2.45, 2.75) is 51.2 Å². The Morgan fingerprint density at radius 2 is 2.25 bits per heavy atom. The largest absolute Gasteiger partial charge is 0.391 e. The molecule has 0 bridgehead atoms. The number of aliphatic hydroxyl groups is 1. The SMILES string of the molecule is CC(=O)NC1(C)CCCCC1O. The van der Waals surface area contributed by atoms with Crippen LogP contribution in [0.5, 0.6) is 0 Å². The second-order valence-corrected chi connectivity index (χ2v) is 3.86. The zero-order valence-electron chi connectivity index (χ0n) is 7.76. The zero-order chi connectivity index (χ0) is 9.19. The van der Waals surface area contributed by atoms with Crippen molar-refractivity contribution in [1.29, 1.82) is 0 Å². The van der Waals surface area contributed by atoms with E-state index in [0.29, 0.717) is 0 Å². The monoisotopic (exact) mass is 171 g/mol. The maximum absolute atomic E-state index is 10.8. The van der Waals surface area contributed by atoms with E-state index >= 15 is 0 Å². The lowest BCUT2D eigenvalue weighted by molar-refractivity contribution is -0.123. The molecular weight excluding hydrogens is 154 g/mol. The summed E-state index contributed by atoms with van der Waals surface area (Å²) >= 11 is 0. The third-order valence-electron chi connectivity index (χ3n) is 2.62. The van der Waals surface area contributed by atoms with Crippen molar-refractivity contribution in [1.82, 2.24) is 5.32 Å². The zero-order valence-corrected chi connectivity index (χ0v) is 7.76. The molecule has 1 aliphatic carbocycles. The van der Waals surface area contributed by atoms with Crippen LogP contribution in [-0.2, 0) is 4.79 Å². The van der Waals surface area contributed by atoms with Gasteiger partial charge in [0.2, 0.25) is 5.91 Å². The number of rotatable bonds is 1. The number of hydrogen-bond acceptors (Lipinski definition) is 2. The van der Waals surface area contributed by atoms with Crippen molar-refractivity contribution >= 4 is 5.91 Å². The summed E-state index contributed by atoms with van der Waals surface area (Å²) in [6, 6.07) is 0. The molecule has 1 rings (SSSR count). The average Bonchev–Trinajstić information content (AvgIpc) is 1.94. The molecule has 0 aromatic rings. The summed E-state index contributed by atoms with van der Waals surface area (Å²) in [6.07, 6.45) is 3.46. The summed E-state index contributed by atoms with van der Waals surface area (Å²) in [7, 11) is 0. The van der Waals surface area contributed by atoms with Gasteiger partial charge in [0.05, 0.1) is 11.6 Å². The van der Waals surface area contributed by atoms with E-state index in [1.165, 1.54) is 6.92 Å². The highest BCUT2D eigenvalue weighted by Crippen LogP contribution is 2.27. The molecule has 2 unspecified atom stereocenters. The molecule has 1 aliphatic rings. The first kappa shape index (κ1) is 9.52. The first-order valence-corrected chi connectivity index (χ1v) is 4.51. The van der Waals surface area contributed by atoms with Crippen LogP contribution < -0.4 is 5.32 Å². The normalized spacial score (nSPS) is 36.1. The van der Waals surface area contributed by atoms with Crippen LogP contribution in [0.25, 0.3) is 0 Å². The quantitative estimate of drug-likeness (QED) is 0.613. The maximum atomic E-state index is 10.8. The fourth-order valence-corrected chi connectivity index (χ4v) is 1.86. The van der Waals surface area contributed by atoms with Gasteiger partial charge in [-0.2, -0.15) is 0 Å². The standard InChI is InChI=1S/C9H17NO2/c1-7(11)10-9(2)6-4-3-5-8(9)12/h8,12H,3-6H2,1-2H3,(H,10,11). The Morgan fingerprint density at radius 1 is 1.58 bits per heavy atom. The fraction of sp³-hybridized carbons (Fsp3) is 0.889. The lowest BCUT2D eigenvalue weighted by atomic mass is 9.81. The summed E-state index contributed by atoms with van der Waals surface area (Å²) in [5, 5.41) is 12.5. The summed E-state index contributed by atoms with van der Waals surface area (Å²) in [5.41, 5.74) is -0.385. The van der Waals surface area contributed by atoms with Crippen LogP contribution in [0.3, 0.4) is 0 Å². The summed E-state index contributed by atoms with van der Waals surface area (Å²) < 4.78 is 0. The van der Waals surface area contributed by atoms with Gasteiger partial charge < -0.3 is 10.4 Å². The van der Waals surface area contributed by atoms with Crippen molar-refractivity contribution in [3.05, 3.63) is 0 Å². The first-order chi connectivity index (χ1) is 5.54. The number of aliphatic hydroxyl groups excluding tert-OH is 1. The smallest absolute Gasteiger partial charge is 0.217 e. The van der Waals surface area contributed by atoms with Crippen molar-refractivity contribution in [3.63, 3.8) is 0 Å². The molecule has 0 aromatic heterocycles. The van der Waals surface area contributed by atoms with E-state index in [-0.39, 0.29) is 17.6 Å². The van der Waals surface area contributed by atoms with Crippen molar-refractivity contribution < 1.29 is 9.90 Å². The highest BCUT2D eigenvalue weighted by atomic mass is 16.3. The molecule has 12 heavy (non-hydrogen) atoms. The lowest BCUT2D eigenvalue weighted by Gasteiger charge is -2.38. The van der Waals surface area contributed by atoms with Crippen molar-refractivity contribution in [3.8, 4) is 0 Å². The maximum Gasteiger partial charge on any atom is 0.217 e. The van der Waals surface area contributed by atoms with Gasteiger partial charge in [0, 0.05) is 6.92 Å². The van der Waals surface area contributed by atoms with Crippen LogP contribution >= 0.6 is 0 Å². The number of carbonyl (C=O) groups excluding carboxylic acids is 1. The molecular formula is C9H17NO2. The first-order valence-electron chi connectivity index (χ1n) is 4.51. The Kier molecular flexibility index (Phi) is 2.73. The van der Waals surface area contributed by atoms with Crippen LogP contribution in [0.2, 0.25) is 0 Å². The van der Waals surface area contributed by atoms with Crippen LogP contribution in [0, 0.1) is 0 Å². The van der Waals surface area contributed by atoms with Gasteiger partial charge in [-0.3, -0.25) is 4.79 Å². The van der Waals surface area contributed by atoms with E-state index in [1.807, 2.05) is 6.92 Å². The Labute approximate surface area is 73.2 Å². The van der Waals surface area contributed by atoms with Gasteiger partial charge in [-0.05, 0) is 19.8 Å². The molecule has 2 atom stereocenters. The summed E-state index contributed by atoms with van der Waals surface area (Å²) in [4.78, 5) is 10.8. The van der Waals surface area contributed by atoms with Crippen LogP contribution in [0.15, 0.2) is 0 Å². The van der Waals surface area contributed by atoms with Gasteiger partial charge >= 0.3 is 0 Å². The molecule has 0 heterocycles. The minimum absolute atomic E-state index is 0.0570. The molecule has 0 radical (unpaired) electrons. The predicted octanol–water partition coefficient (Wildman–Crippen LogP) is 0.816. The highest BCUT2D eigenvalue weighted by Gasteiger charge is 2.35. The molecule has 1 amide bonds. The summed E-state index contributed by atoms with van der Waals surface area (Å²) in [6.45, 7) is 3.41. The molecule has 3 nitrogen and oxygen atoms in total. The highest BCUT2D eigenvalue weighted by molar-refractivity contribution is 5.73. The van der Waals surface area contributed by atoms with Crippen LogP contribution in [-0.4, -0.2) is 22.7 Å².